The van der Waals surface area contributed by atoms with E-state index in [-0.39, 0.29) is 11.7 Å². The Bertz CT molecular complexity index is 1310. The molecule has 2 amide bonds. The van der Waals surface area contributed by atoms with E-state index >= 15 is 0 Å². The normalized spacial score (nSPS) is 10.8. The van der Waals surface area contributed by atoms with Gasteiger partial charge in [0.2, 0.25) is 5.82 Å². The van der Waals surface area contributed by atoms with Crippen LogP contribution in [0.25, 0.3) is 11.0 Å². The molecule has 3 heterocycles. The lowest BCUT2D eigenvalue weighted by molar-refractivity contribution is 0.0815. The van der Waals surface area contributed by atoms with Crippen molar-refractivity contribution in [3.63, 3.8) is 0 Å². The Balaban J connectivity index is 1.62. The zero-order valence-corrected chi connectivity index (χ0v) is 18.6. The second-order valence-electron chi connectivity index (χ2n) is 7.49. The third-order valence-corrected chi connectivity index (χ3v) is 4.75. The van der Waals surface area contributed by atoms with Gasteiger partial charge >= 0.3 is 0 Å². The number of carbonyl (C=O) groups excluding carboxylic acids is 2. The molecule has 0 unspecified atom stereocenters. The van der Waals surface area contributed by atoms with Crippen LogP contribution in [0, 0.1) is 6.92 Å². The van der Waals surface area contributed by atoms with Gasteiger partial charge in [0, 0.05) is 19.7 Å². The number of benzene rings is 1. The molecule has 168 valence electrons. The number of hydrogen-bond donors (Lipinski definition) is 1. The highest BCUT2D eigenvalue weighted by Gasteiger charge is 2.17. The minimum absolute atomic E-state index is 0.0555. The fourth-order valence-electron chi connectivity index (χ4n) is 3.05. The number of aromatic nitrogens is 4. The zero-order chi connectivity index (χ0) is 23.5. The van der Waals surface area contributed by atoms with Crippen molar-refractivity contribution >= 4 is 28.6 Å². The molecule has 0 aliphatic rings. The van der Waals surface area contributed by atoms with E-state index in [4.69, 9.17) is 9.15 Å². The van der Waals surface area contributed by atoms with E-state index in [9.17, 15) is 9.59 Å². The number of ether oxygens (including phenoxy) is 1. The van der Waals surface area contributed by atoms with Crippen LogP contribution in [0.5, 0.6) is 11.5 Å². The number of anilines is 1. The number of nitrogens with zero attached hydrogens (tertiary/aromatic N) is 5. The predicted molar refractivity (Wildman–Crippen MR) is 120 cm³/mol. The highest BCUT2D eigenvalue weighted by Crippen LogP contribution is 2.33. The molecule has 0 radical (unpaired) electrons. The summed E-state index contributed by atoms with van der Waals surface area (Å²) in [6.45, 7) is 3.78. The van der Waals surface area contributed by atoms with Gasteiger partial charge in [0.15, 0.2) is 11.6 Å². The number of furan rings is 1. The molecule has 1 aromatic carbocycles. The summed E-state index contributed by atoms with van der Waals surface area (Å²) < 4.78 is 11.7. The third kappa shape index (κ3) is 4.79. The number of amides is 2. The lowest BCUT2D eigenvalue weighted by atomic mass is 10.1. The van der Waals surface area contributed by atoms with Crippen molar-refractivity contribution in [3.05, 3.63) is 65.8 Å². The van der Waals surface area contributed by atoms with Crippen molar-refractivity contribution in [2.45, 2.75) is 20.3 Å². The van der Waals surface area contributed by atoms with E-state index in [0.29, 0.717) is 39.6 Å². The van der Waals surface area contributed by atoms with Gasteiger partial charge in [-0.2, -0.15) is 0 Å². The molecule has 0 spiro atoms. The fraction of sp³-hybridized carbons (Fsp3) is 0.217. The Morgan fingerprint density at radius 2 is 1.79 bits per heavy atom. The number of fused-ring (bicyclic) bond motifs is 1. The molecule has 0 saturated carbocycles. The van der Waals surface area contributed by atoms with Crippen molar-refractivity contribution in [2.75, 3.05) is 19.4 Å². The van der Waals surface area contributed by atoms with E-state index < -0.39 is 5.91 Å². The maximum Gasteiger partial charge on any atom is 0.291 e. The van der Waals surface area contributed by atoms with Crippen molar-refractivity contribution in [3.8, 4) is 11.5 Å². The molecule has 0 fully saturated rings. The van der Waals surface area contributed by atoms with Gasteiger partial charge in [-0.05, 0) is 31.5 Å². The van der Waals surface area contributed by atoms with E-state index in [1.165, 1.54) is 23.5 Å². The Morgan fingerprint density at radius 1 is 1.03 bits per heavy atom. The number of nitrogens with one attached hydrogen (secondary N) is 1. The van der Waals surface area contributed by atoms with Crippen LogP contribution in [0.1, 0.15) is 39.4 Å². The zero-order valence-electron chi connectivity index (χ0n) is 18.6. The number of hydrogen-bond acceptors (Lipinski definition) is 8. The van der Waals surface area contributed by atoms with Crippen LogP contribution in [-0.4, -0.2) is 50.7 Å². The van der Waals surface area contributed by atoms with E-state index in [0.717, 1.165) is 12.1 Å². The van der Waals surface area contributed by atoms with Gasteiger partial charge in [0.05, 0.1) is 35.9 Å². The number of rotatable bonds is 6. The van der Waals surface area contributed by atoms with E-state index in [2.05, 4.69) is 25.3 Å². The molecule has 0 saturated heterocycles. The Kier molecular flexibility index (Phi) is 5.99. The molecule has 0 aliphatic heterocycles. The predicted octanol–water partition coefficient (Wildman–Crippen LogP) is 3.63. The molecule has 0 atom stereocenters. The van der Waals surface area contributed by atoms with Crippen LogP contribution in [0.3, 0.4) is 0 Å². The largest absolute Gasteiger partial charge is 0.461 e. The second kappa shape index (κ2) is 9.03. The average molecular weight is 446 g/mol. The molecule has 10 nitrogen and oxygen atoms in total. The summed E-state index contributed by atoms with van der Waals surface area (Å²) in [5.74, 6) is 1.04. The molecular weight excluding hydrogens is 424 g/mol. The Labute approximate surface area is 189 Å². The van der Waals surface area contributed by atoms with Crippen LogP contribution in [0.15, 0.2) is 47.4 Å². The summed E-state index contributed by atoms with van der Waals surface area (Å²) in [5.41, 5.74) is 1.63. The first kappa shape index (κ1) is 21.9. The average Bonchev–Trinajstić information content (AvgIpc) is 3.20. The minimum Gasteiger partial charge on any atom is -0.461 e. The molecule has 3 aromatic heterocycles. The van der Waals surface area contributed by atoms with Crippen molar-refractivity contribution in [1.82, 2.24) is 24.8 Å². The topological polar surface area (TPSA) is 123 Å². The maximum absolute atomic E-state index is 12.9. The van der Waals surface area contributed by atoms with Crippen molar-refractivity contribution in [1.29, 1.82) is 0 Å². The second-order valence-corrected chi connectivity index (χ2v) is 7.49. The highest BCUT2D eigenvalue weighted by atomic mass is 16.5. The lowest BCUT2D eigenvalue weighted by Gasteiger charge is -2.11. The summed E-state index contributed by atoms with van der Waals surface area (Å²) in [6, 6.07) is 5.04. The van der Waals surface area contributed by atoms with E-state index in [1.807, 2.05) is 13.0 Å². The summed E-state index contributed by atoms with van der Waals surface area (Å²) in [5, 5.41) is 3.41. The van der Waals surface area contributed by atoms with Gasteiger partial charge in [-0.25, -0.2) is 15.0 Å². The smallest absolute Gasteiger partial charge is 0.291 e. The van der Waals surface area contributed by atoms with Crippen LogP contribution in [-0.2, 0) is 6.42 Å². The van der Waals surface area contributed by atoms with Crippen LogP contribution in [0.4, 0.5) is 5.82 Å². The fourth-order valence-corrected chi connectivity index (χ4v) is 3.05. The molecule has 4 aromatic rings. The molecule has 0 aliphatic carbocycles. The van der Waals surface area contributed by atoms with Gasteiger partial charge < -0.3 is 19.4 Å². The van der Waals surface area contributed by atoms with Gasteiger partial charge in [0.25, 0.3) is 11.8 Å². The van der Waals surface area contributed by atoms with Crippen molar-refractivity contribution < 1.29 is 18.7 Å². The van der Waals surface area contributed by atoms with Crippen LogP contribution in [0.2, 0.25) is 0 Å². The van der Waals surface area contributed by atoms with Crippen LogP contribution < -0.4 is 10.1 Å². The highest BCUT2D eigenvalue weighted by molar-refractivity contribution is 6.06. The summed E-state index contributed by atoms with van der Waals surface area (Å²) in [4.78, 5) is 42.8. The van der Waals surface area contributed by atoms with Gasteiger partial charge in [0.1, 0.15) is 17.1 Å². The summed E-state index contributed by atoms with van der Waals surface area (Å²) >= 11 is 0. The minimum atomic E-state index is -0.391. The summed E-state index contributed by atoms with van der Waals surface area (Å²) in [7, 11) is 3.24. The molecular formula is C23H22N6O4. The van der Waals surface area contributed by atoms with Crippen molar-refractivity contribution in [2.24, 2.45) is 0 Å². The molecule has 1 N–H and O–H groups in total. The number of carbonyl (C=O) groups is 2. The van der Waals surface area contributed by atoms with Gasteiger partial charge in [-0.3, -0.25) is 14.6 Å². The molecule has 0 bridgehead atoms. The third-order valence-electron chi connectivity index (χ3n) is 4.75. The van der Waals surface area contributed by atoms with E-state index in [1.54, 1.807) is 39.3 Å². The van der Waals surface area contributed by atoms with Gasteiger partial charge in [-0.1, -0.05) is 6.92 Å². The van der Waals surface area contributed by atoms with Gasteiger partial charge in [-0.15, -0.1) is 0 Å². The Morgan fingerprint density at radius 3 is 2.42 bits per heavy atom. The first-order valence-electron chi connectivity index (χ1n) is 10.2. The lowest BCUT2D eigenvalue weighted by Crippen LogP contribution is -2.23. The number of aryl methyl sites for hydroxylation is 2. The van der Waals surface area contributed by atoms with Crippen LogP contribution >= 0.6 is 0 Å². The quantitative estimate of drug-likeness (QED) is 0.476. The molecule has 10 heteroatoms. The Hall–Kier alpha value is -4.34. The standard InChI is InChI=1S/C23H22N6O4/c1-5-15-9-25-20(12-24-15)28-22(30)14-7-18-17(6-13(2)32-18)19(8-14)33-16-10-26-21(27-11-16)23(31)29(3)4/h6-12H,5H2,1-4H3,(H,25,28,30). The SMILES string of the molecule is CCc1cnc(NC(=O)c2cc(Oc3cnc(C(=O)N(C)C)nc3)c3cc(C)oc3c2)cn1. The monoisotopic (exact) mass is 446 g/mol. The first-order chi connectivity index (χ1) is 15.8. The molecule has 4 rings (SSSR count). The summed E-state index contributed by atoms with van der Waals surface area (Å²) in [6.07, 6.45) is 6.69. The maximum atomic E-state index is 12.9. The molecule has 33 heavy (non-hydrogen) atoms. The first-order valence-corrected chi connectivity index (χ1v) is 10.2.